The third-order valence-corrected chi connectivity index (χ3v) is 8.76. The van der Waals surface area contributed by atoms with E-state index in [-0.39, 0.29) is 0 Å². The summed E-state index contributed by atoms with van der Waals surface area (Å²) in [5.41, 5.74) is 8.85. The Balaban J connectivity index is 1.43. The van der Waals surface area contributed by atoms with E-state index in [1.807, 2.05) is 42.5 Å². The van der Waals surface area contributed by atoms with E-state index in [0.717, 1.165) is 88.3 Å². The van der Waals surface area contributed by atoms with Crippen LogP contribution in [-0.4, -0.2) is 0 Å². The highest BCUT2D eigenvalue weighted by atomic mass is 16.5. The average molecular weight is 549 g/mol. The third-order valence-electron chi connectivity index (χ3n) is 8.76. The maximum Gasteiger partial charge on any atom is 0.135 e. The van der Waals surface area contributed by atoms with Gasteiger partial charge < -0.3 is 4.74 Å². The monoisotopic (exact) mass is 548 g/mol. The van der Waals surface area contributed by atoms with Crippen molar-refractivity contribution in [1.29, 1.82) is 0 Å². The maximum atomic E-state index is 8.73. The van der Waals surface area contributed by atoms with E-state index >= 15 is 0 Å². The van der Waals surface area contributed by atoms with E-state index in [1.165, 1.54) is 0 Å². The van der Waals surface area contributed by atoms with E-state index in [4.69, 9.17) is 7.48 Å². The number of rotatable bonds is 3. The lowest BCUT2D eigenvalue weighted by Gasteiger charge is -2.24. The molecule has 0 N–H and O–H groups in total. The summed E-state index contributed by atoms with van der Waals surface area (Å²) in [6, 6.07) is 50.7. The predicted molar refractivity (Wildman–Crippen MR) is 181 cm³/mol. The molecular formula is C42H26O. The summed E-state index contributed by atoms with van der Waals surface area (Å²) in [5.74, 6) is 1.71. The number of hydrogen-bond acceptors (Lipinski definition) is 1. The molecule has 1 heterocycles. The van der Waals surface area contributed by atoms with E-state index < -0.39 is 0 Å². The Morgan fingerprint density at radius 3 is 1.70 bits per heavy atom. The summed E-state index contributed by atoms with van der Waals surface area (Å²) in [4.78, 5) is 0. The molecule has 0 fully saturated rings. The van der Waals surface area contributed by atoms with Gasteiger partial charge >= 0.3 is 0 Å². The van der Waals surface area contributed by atoms with Gasteiger partial charge in [0.1, 0.15) is 11.5 Å². The molecule has 0 bridgehead atoms. The van der Waals surface area contributed by atoms with Crippen LogP contribution in [0.1, 0.15) is 2.74 Å². The largest absolute Gasteiger partial charge is 0.456 e. The molecule has 0 saturated carbocycles. The van der Waals surface area contributed by atoms with Crippen LogP contribution in [0.5, 0.6) is 11.5 Å². The van der Waals surface area contributed by atoms with Crippen LogP contribution < -0.4 is 4.74 Å². The van der Waals surface area contributed by atoms with Crippen molar-refractivity contribution in [2.24, 2.45) is 0 Å². The van der Waals surface area contributed by atoms with E-state index in [2.05, 4.69) is 103 Å². The third kappa shape index (κ3) is 3.58. The molecule has 43 heavy (non-hydrogen) atoms. The summed E-state index contributed by atoms with van der Waals surface area (Å²) in [7, 11) is 0. The molecular weight excluding hydrogens is 520 g/mol. The minimum atomic E-state index is 0.461. The van der Waals surface area contributed by atoms with Crippen LogP contribution in [0.3, 0.4) is 0 Å². The highest BCUT2D eigenvalue weighted by Crippen LogP contribution is 2.51. The second-order valence-corrected chi connectivity index (χ2v) is 11.0. The van der Waals surface area contributed by atoms with Crippen LogP contribution in [0.2, 0.25) is 0 Å². The fourth-order valence-corrected chi connectivity index (χ4v) is 6.95. The Morgan fingerprint density at radius 1 is 0.349 bits per heavy atom. The maximum absolute atomic E-state index is 8.73. The van der Waals surface area contributed by atoms with E-state index in [0.29, 0.717) is 12.1 Å². The molecule has 1 heteroatoms. The summed E-state index contributed by atoms with van der Waals surface area (Å²) < 4.78 is 23.9. The molecule has 0 aliphatic carbocycles. The Hall–Kier alpha value is -5.66. The van der Waals surface area contributed by atoms with Gasteiger partial charge in [-0.15, -0.1) is 0 Å². The zero-order chi connectivity index (χ0) is 30.1. The van der Waals surface area contributed by atoms with Gasteiger partial charge in [-0.1, -0.05) is 139 Å². The fraction of sp³-hybridized carbons (Fsp3) is 0. The lowest BCUT2D eigenvalue weighted by Crippen LogP contribution is -1.98. The Kier molecular flexibility index (Phi) is 4.83. The molecule has 9 rings (SSSR count). The van der Waals surface area contributed by atoms with Crippen LogP contribution in [0.4, 0.5) is 0 Å². The molecule has 200 valence electrons. The summed E-state index contributed by atoms with van der Waals surface area (Å²) in [6.07, 6.45) is 0. The van der Waals surface area contributed by atoms with Crippen molar-refractivity contribution < 1.29 is 7.48 Å². The molecule has 0 saturated heterocycles. The van der Waals surface area contributed by atoms with Crippen LogP contribution in [-0.2, 0) is 0 Å². The molecule has 8 aromatic rings. The Morgan fingerprint density at radius 2 is 0.930 bits per heavy atom. The van der Waals surface area contributed by atoms with Crippen molar-refractivity contribution in [3.63, 3.8) is 0 Å². The number of benzene rings is 8. The minimum absolute atomic E-state index is 0.461. The summed E-state index contributed by atoms with van der Waals surface area (Å²) in [6.45, 7) is 0. The molecule has 1 aliphatic rings. The quantitative estimate of drug-likeness (QED) is 0.200. The molecule has 0 spiro atoms. The van der Waals surface area contributed by atoms with Crippen molar-refractivity contribution in [2.75, 3.05) is 0 Å². The van der Waals surface area contributed by atoms with Crippen molar-refractivity contribution in [2.45, 2.75) is 0 Å². The van der Waals surface area contributed by atoms with E-state index in [9.17, 15) is 0 Å². The van der Waals surface area contributed by atoms with Crippen molar-refractivity contribution in [3.8, 4) is 56.0 Å². The summed E-state index contributed by atoms with van der Waals surface area (Å²) in [5, 5.41) is 6.35. The van der Waals surface area contributed by atoms with Gasteiger partial charge in [0, 0.05) is 10.9 Å². The normalized spacial score (nSPS) is 12.6. The summed E-state index contributed by atoms with van der Waals surface area (Å²) >= 11 is 0. The highest BCUT2D eigenvalue weighted by Gasteiger charge is 2.24. The lowest BCUT2D eigenvalue weighted by atomic mass is 9.82. The van der Waals surface area contributed by atoms with Gasteiger partial charge in [-0.2, -0.15) is 0 Å². The molecule has 1 aliphatic heterocycles. The van der Waals surface area contributed by atoms with Crippen molar-refractivity contribution >= 4 is 32.3 Å². The van der Waals surface area contributed by atoms with Gasteiger partial charge in [0.15, 0.2) is 0 Å². The molecule has 0 aromatic heterocycles. The first-order valence-electron chi connectivity index (χ1n) is 15.6. The van der Waals surface area contributed by atoms with Gasteiger partial charge in [0.2, 0.25) is 0 Å². The number of fused-ring (bicyclic) bond motifs is 4. The molecule has 0 unspecified atom stereocenters. The molecule has 1 nitrogen and oxygen atoms in total. The standard InChI is InChI=1S/C42H26O/c1-2-13-27(14-3-1)28-15-4-5-17-30(28)40-32-18-6-8-20-34(32)41(35-21-9-7-19-33(35)40)37-25-26-39-42-31(22-12-23-36(37)42)29-16-10-11-24-38(29)43-39/h1-26H/i6D,9D. The number of para-hydroxylation sites is 1. The topological polar surface area (TPSA) is 9.23 Å². The Bertz CT molecular complexity index is 2480. The van der Waals surface area contributed by atoms with Crippen LogP contribution in [0, 0.1) is 0 Å². The SMILES string of the molecule is [2H]c1ccc2c(-c3ccc4c5c(cccc35)-c3ccccc3O4)c3cc([2H])ccc3c(-c3ccccc3-c3ccccc3)c2c1. The first-order chi connectivity index (χ1) is 22.2. The lowest BCUT2D eigenvalue weighted by molar-refractivity contribution is 0.487. The van der Waals surface area contributed by atoms with Crippen molar-refractivity contribution in [3.05, 3.63) is 158 Å². The zero-order valence-electron chi connectivity index (χ0n) is 25.3. The van der Waals surface area contributed by atoms with Crippen LogP contribution in [0.25, 0.3) is 76.8 Å². The smallest absolute Gasteiger partial charge is 0.135 e. The predicted octanol–water partition coefficient (Wildman–Crippen LogP) is 11.9. The highest BCUT2D eigenvalue weighted by molar-refractivity contribution is 6.25. The second kappa shape index (κ2) is 9.44. The van der Waals surface area contributed by atoms with Crippen molar-refractivity contribution in [1.82, 2.24) is 0 Å². The van der Waals surface area contributed by atoms with Gasteiger partial charge in [-0.3, -0.25) is 0 Å². The number of hydrogen-bond donors (Lipinski definition) is 0. The van der Waals surface area contributed by atoms with Gasteiger partial charge in [-0.25, -0.2) is 0 Å². The number of ether oxygens (including phenoxy) is 1. The van der Waals surface area contributed by atoms with Crippen LogP contribution in [0.15, 0.2) is 158 Å². The van der Waals surface area contributed by atoms with Gasteiger partial charge in [0.05, 0.1) is 2.74 Å². The average Bonchev–Trinajstić information content (AvgIpc) is 3.08. The second-order valence-electron chi connectivity index (χ2n) is 11.0. The first-order valence-corrected chi connectivity index (χ1v) is 14.6. The molecule has 0 radical (unpaired) electrons. The van der Waals surface area contributed by atoms with Gasteiger partial charge in [0.25, 0.3) is 0 Å². The zero-order valence-corrected chi connectivity index (χ0v) is 23.3. The fourth-order valence-electron chi connectivity index (χ4n) is 6.95. The van der Waals surface area contributed by atoms with Gasteiger partial charge in [-0.05, 0) is 84.1 Å². The first kappa shape index (κ1) is 22.0. The van der Waals surface area contributed by atoms with E-state index in [1.54, 1.807) is 0 Å². The molecule has 0 atom stereocenters. The van der Waals surface area contributed by atoms with Crippen LogP contribution >= 0.6 is 0 Å². The Labute approximate surface area is 253 Å². The minimum Gasteiger partial charge on any atom is -0.456 e. The molecule has 0 amide bonds. The molecule has 8 aromatic carbocycles.